The lowest BCUT2D eigenvalue weighted by Crippen LogP contribution is -2.33. The van der Waals surface area contributed by atoms with Crippen LogP contribution in [-0.2, 0) is 9.59 Å². The Morgan fingerprint density at radius 3 is 2.77 bits per heavy atom. The Kier molecular flexibility index (Phi) is 3.22. The highest BCUT2D eigenvalue weighted by atomic mass is 32.2. The van der Waals surface area contributed by atoms with Gasteiger partial charge in [0.1, 0.15) is 4.32 Å². The molecule has 0 radical (unpaired) electrons. The fourth-order valence-electron chi connectivity index (χ4n) is 0.812. The third-order valence-corrected chi connectivity index (χ3v) is 3.05. The molecule has 0 N–H and O–H groups in total. The molecule has 70 valence electrons. The smallest absolute Gasteiger partial charge is 0.238 e. The molecule has 0 saturated carbocycles. The Hall–Kier alpha value is -0.680. The number of hydrogen-bond acceptors (Lipinski definition) is 4. The second-order valence-corrected chi connectivity index (χ2v) is 4.35. The topological polar surface area (TPSA) is 37.4 Å². The van der Waals surface area contributed by atoms with Gasteiger partial charge in [0.05, 0.1) is 12.3 Å². The number of thiocarbonyl (C=S) groups is 1. The molecular formula is C8H9NO2S2. The quantitative estimate of drug-likeness (QED) is 0.520. The molecule has 0 atom stereocenters. The second kappa shape index (κ2) is 4.02. The van der Waals surface area contributed by atoms with E-state index < -0.39 is 0 Å². The van der Waals surface area contributed by atoms with E-state index in [-0.39, 0.29) is 18.2 Å². The summed E-state index contributed by atoms with van der Waals surface area (Å²) in [5, 5.41) is 0. The second-order valence-electron chi connectivity index (χ2n) is 2.74. The van der Waals surface area contributed by atoms with E-state index in [9.17, 15) is 9.59 Å². The van der Waals surface area contributed by atoms with Crippen molar-refractivity contribution in [2.75, 3.05) is 12.3 Å². The van der Waals surface area contributed by atoms with Gasteiger partial charge in [0, 0.05) is 0 Å². The summed E-state index contributed by atoms with van der Waals surface area (Å²) in [5.74, 6) is 0.116. The first-order chi connectivity index (χ1) is 6.02. The van der Waals surface area contributed by atoms with E-state index in [4.69, 9.17) is 12.2 Å². The number of thioether (sulfide) groups is 1. The van der Waals surface area contributed by atoms with Crippen LogP contribution in [0.15, 0.2) is 12.2 Å². The minimum Gasteiger partial charge on any atom is -0.293 e. The Balaban J connectivity index is 2.63. The number of nitrogens with zero attached hydrogens (tertiary/aromatic N) is 1. The van der Waals surface area contributed by atoms with E-state index in [0.29, 0.717) is 15.6 Å². The zero-order chi connectivity index (χ0) is 10.0. The van der Waals surface area contributed by atoms with Crippen molar-refractivity contribution < 1.29 is 9.59 Å². The summed E-state index contributed by atoms with van der Waals surface area (Å²) < 4.78 is 0.486. The molecule has 0 bridgehead atoms. The van der Waals surface area contributed by atoms with Gasteiger partial charge in [0.15, 0.2) is 5.78 Å². The molecule has 5 heteroatoms. The fraction of sp³-hybridized carbons (Fsp3) is 0.375. The minimum absolute atomic E-state index is 0.0417. The van der Waals surface area contributed by atoms with Gasteiger partial charge in [-0.25, -0.2) is 0 Å². The van der Waals surface area contributed by atoms with Crippen molar-refractivity contribution in [3.8, 4) is 0 Å². The summed E-state index contributed by atoms with van der Waals surface area (Å²) in [5.41, 5.74) is 0.451. The summed E-state index contributed by atoms with van der Waals surface area (Å²) in [6.45, 7) is 5.18. The van der Waals surface area contributed by atoms with Crippen molar-refractivity contribution in [2.24, 2.45) is 0 Å². The van der Waals surface area contributed by atoms with Crippen LogP contribution in [-0.4, -0.2) is 33.2 Å². The van der Waals surface area contributed by atoms with Crippen molar-refractivity contribution in [3.05, 3.63) is 12.2 Å². The highest BCUT2D eigenvalue weighted by molar-refractivity contribution is 8.23. The highest BCUT2D eigenvalue weighted by Gasteiger charge is 2.28. The third kappa shape index (κ3) is 2.38. The van der Waals surface area contributed by atoms with Crippen LogP contribution >= 0.6 is 24.0 Å². The first-order valence-electron chi connectivity index (χ1n) is 3.68. The van der Waals surface area contributed by atoms with Crippen LogP contribution in [0.2, 0.25) is 0 Å². The zero-order valence-corrected chi connectivity index (χ0v) is 8.83. The number of hydrogen-bond donors (Lipinski definition) is 0. The van der Waals surface area contributed by atoms with Gasteiger partial charge in [-0.15, -0.1) is 0 Å². The highest BCUT2D eigenvalue weighted by Crippen LogP contribution is 2.19. The molecule has 1 fully saturated rings. The van der Waals surface area contributed by atoms with Crippen molar-refractivity contribution in [2.45, 2.75) is 6.92 Å². The maximum atomic E-state index is 11.2. The fourth-order valence-corrected chi connectivity index (χ4v) is 1.88. The summed E-state index contributed by atoms with van der Waals surface area (Å²) in [7, 11) is 0. The lowest BCUT2D eigenvalue weighted by atomic mass is 10.2. The largest absolute Gasteiger partial charge is 0.293 e. The number of ketones is 1. The van der Waals surface area contributed by atoms with Crippen LogP contribution in [0.4, 0.5) is 0 Å². The summed E-state index contributed by atoms with van der Waals surface area (Å²) in [4.78, 5) is 23.7. The van der Waals surface area contributed by atoms with Gasteiger partial charge >= 0.3 is 0 Å². The average Bonchev–Trinajstić information content (AvgIpc) is 2.35. The van der Waals surface area contributed by atoms with Crippen LogP contribution < -0.4 is 0 Å². The van der Waals surface area contributed by atoms with Gasteiger partial charge in [-0.1, -0.05) is 30.6 Å². The molecule has 0 aromatic heterocycles. The third-order valence-electron chi connectivity index (χ3n) is 1.62. The molecule has 1 rings (SSSR count). The van der Waals surface area contributed by atoms with E-state index in [1.165, 1.54) is 16.7 Å². The number of carbonyl (C=O) groups is 2. The summed E-state index contributed by atoms with van der Waals surface area (Å²) in [6.07, 6.45) is 0. The number of carbonyl (C=O) groups excluding carboxylic acids is 2. The Bertz CT molecular complexity index is 283. The van der Waals surface area contributed by atoms with Gasteiger partial charge < -0.3 is 0 Å². The number of amides is 1. The summed E-state index contributed by atoms with van der Waals surface area (Å²) >= 11 is 6.20. The van der Waals surface area contributed by atoms with E-state index in [0.717, 1.165) is 0 Å². The van der Waals surface area contributed by atoms with E-state index in [2.05, 4.69) is 6.58 Å². The molecule has 0 unspecified atom stereocenters. The van der Waals surface area contributed by atoms with Crippen LogP contribution in [0.3, 0.4) is 0 Å². The van der Waals surface area contributed by atoms with Crippen LogP contribution in [0, 0.1) is 0 Å². The maximum Gasteiger partial charge on any atom is 0.238 e. The van der Waals surface area contributed by atoms with Crippen molar-refractivity contribution in [1.82, 2.24) is 4.90 Å². The van der Waals surface area contributed by atoms with Crippen molar-refractivity contribution in [3.63, 3.8) is 0 Å². The average molecular weight is 215 g/mol. The molecule has 1 aliphatic rings. The predicted molar refractivity (Wildman–Crippen MR) is 56.6 cm³/mol. The molecule has 1 aliphatic heterocycles. The predicted octanol–water partition coefficient (Wildman–Crippen LogP) is 0.992. The molecule has 0 spiro atoms. The normalized spacial score (nSPS) is 16.5. The van der Waals surface area contributed by atoms with E-state index in [1.807, 2.05) is 0 Å². The summed E-state index contributed by atoms with van der Waals surface area (Å²) in [6, 6.07) is 0. The molecule has 0 aliphatic carbocycles. The van der Waals surface area contributed by atoms with Crippen molar-refractivity contribution >= 4 is 40.0 Å². The first kappa shape index (κ1) is 10.4. The maximum absolute atomic E-state index is 11.2. The monoisotopic (exact) mass is 215 g/mol. The Labute approximate surface area is 86.2 Å². The lowest BCUT2D eigenvalue weighted by Gasteiger charge is -2.13. The van der Waals surface area contributed by atoms with Crippen molar-refractivity contribution in [1.29, 1.82) is 0 Å². The number of rotatable bonds is 3. The molecule has 3 nitrogen and oxygen atoms in total. The van der Waals surface area contributed by atoms with Crippen LogP contribution in [0.1, 0.15) is 6.92 Å². The molecule has 13 heavy (non-hydrogen) atoms. The minimum atomic E-state index is -0.141. The van der Waals surface area contributed by atoms with Gasteiger partial charge in [0.25, 0.3) is 0 Å². The standard InChI is InChI=1S/C8H9NO2S2/c1-5(2)6(10)3-9-7(11)4-13-8(9)12/h1,3-4H2,2H3. The molecule has 1 heterocycles. The lowest BCUT2D eigenvalue weighted by molar-refractivity contribution is -0.127. The zero-order valence-electron chi connectivity index (χ0n) is 7.20. The molecular weight excluding hydrogens is 206 g/mol. The molecule has 1 saturated heterocycles. The Morgan fingerprint density at radius 1 is 1.77 bits per heavy atom. The first-order valence-corrected chi connectivity index (χ1v) is 5.07. The van der Waals surface area contributed by atoms with Gasteiger partial charge in [-0.05, 0) is 12.5 Å². The molecule has 0 aromatic carbocycles. The van der Waals surface area contributed by atoms with E-state index in [1.54, 1.807) is 6.92 Å². The molecule has 1 amide bonds. The van der Waals surface area contributed by atoms with Gasteiger partial charge in [0.2, 0.25) is 5.91 Å². The van der Waals surface area contributed by atoms with Gasteiger partial charge in [-0.2, -0.15) is 0 Å². The van der Waals surface area contributed by atoms with Crippen LogP contribution in [0.5, 0.6) is 0 Å². The number of Topliss-reactive ketones (excluding diaryl/α,β-unsaturated/α-hetero) is 1. The van der Waals surface area contributed by atoms with E-state index >= 15 is 0 Å². The SMILES string of the molecule is C=C(C)C(=O)CN1C(=O)CSC1=S. The Morgan fingerprint density at radius 2 is 2.38 bits per heavy atom. The molecule has 0 aromatic rings. The van der Waals surface area contributed by atoms with Gasteiger partial charge in [-0.3, -0.25) is 14.5 Å². The van der Waals surface area contributed by atoms with Crippen LogP contribution in [0.25, 0.3) is 0 Å².